The first-order chi connectivity index (χ1) is 14.2. The van der Waals surface area contributed by atoms with Crippen molar-refractivity contribution in [2.75, 3.05) is 12.4 Å². The van der Waals surface area contributed by atoms with E-state index in [1.165, 1.54) is 11.5 Å². The van der Waals surface area contributed by atoms with Crippen LogP contribution in [0.25, 0.3) is 11.3 Å². The molecule has 0 aliphatic carbocycles. The van der Waals surface area contributed by atoms with Gasteiger partial charge in [-0.25, -0.2) is 0 Å². The summed E-state index contributed by atoms with van der Waals surface area (Å²) in [5.41, 5.74) is 3.78. The van der Waals surface area contributed by atoms with E-state index in [-0.39, 0.29) is 5.78 Å². The molecule has 4 aromatic rings. The van der Waals surface area contributed by atoms with Crippen molar-refractivity contribution in [2.24, 2.45) is 7.05 Å². The number of Topliss-reactive ketones (excluding diaryl/α,β-unsaturated/α-hetero) is 1. The zero-order valence-electron chi connectivity index (χ0n) is 16.3. The summed E-state index contributed by atoms with van der Waals surface area (Å²) >= 11 is 1.48. The molecule has 1 N–H and O–H groups in total. The summed E-state index contributed by atoms with van der Waals surface area (Å²) in [7, 11) is 3.62. The molecule has 0 saturated heterocycles. The van der Waals surface area contributed by atoms with Crippen LogP contribution in [0.4, 0.5) is 5.69 Å². The lowest BCUT2D eigenvalue weighted by atomic mass is 9.98. The van der Waals surface area contributed by atoms with Crippen molar-refractivity contribution in [1.82, 2.24) is 3.96 Å². The molecule has 1 aromatic heterocycles. The quantitative estimate of drug-likeness (QED) is 0.397. The van der Waals surface area contributed by atoms with Crippen LogP contribution in [-0.2, 0) is 7.05 Å². The predicted molar refractivity (Wildman–Crippen MR) is 119 cm³/mol. The SMILES string of the molecule is COc1cccc(NC(C(=O)c2sn(C)c2-c2ccccc2)c2ccccc2)c1. The number of carbonyl (C=O) groups is 1. The number of hydrogen-bond donors (Lipinski definition) is 1. The van der Waals surface area contributed by atoms with E-state index < -0.39 is 6.04 Å². The van der Waals surface area contributed by atoms with Crippen LogP contribution in [0.1, 0.15) is 21.3 Å². The molecular weight excluding hydrogens is 380 g/mol. The number of hydrogen-bond acceptors (Lipinski definition) is 4. The number of ether oxygens (including phenoxy) is 1. The Balaban J connectivity index is 1.71. The van der Waals surface area contributed by atoms with Crippen molar-refractivity contribution in [3.63, 3.8) is 0 Å². The van der Waals surface area contributed by atoms with Crippen LogP contribution >= 0.6 is 11.5 Å². The zero-order valence-corrected chi connectivity index (χ0v) is 17.1. The van der Waals surface area contributed by atoms with Gasteiger partial charge in [-0.15, -0.1) is 0 Å². The molecule has 5 heteroatoms. The average molecular weight is 403 g/mol. The standard InChI is InChI=1S/C24H22N2O2S/c1-26-22(18-12-7-4-8-13-18)24(29-26)23(27)21(17-10-5-3-6-11-17)25-19-14-9-15-20(16-19)28-2/h3-16,21,25H,1-2H3. The van der Waals surface area contributed by atoms with Crippen molar-refractivity contribution >= 4 is 23.0 Å². The number of rotatable bonds is 7. The summed E-state index contributed by atoms with van der Waals surface area (Å²) in [6.45, 7) is 0. The van der Waals surface area contributed by atoms with Gasteiger partial charge in [0, 0.05) is 24.4 Å². The van der Waals surface area contributed by atoms with E-state index >= 15 is 0 Å². The first-order valence-corrected chi connectivity index (χ1v) is 10.2. The van der Waals surface area contributed by atoms with Gasteiger partial charge in [-0.3, -0.25) is 8.75 Å². The monoisotopic (exact) mass is 402 g/mol. The second-order valence-corrected chi connectivity index (χ2v) is 7.86. The molecule has 0 fully saturated rings. The minimum atomic E-state index is -0.488. The van der Waals surface area contributed by atoms with E-state index in [0.717, 1.165) is 33.1 Å². The number of anilines is 1. The molecule has 29 heavy (non-hydrogen) atoms. The number of ketones is 1. The Morgan fingerprint density at radius 3 is 2.31 bits per heavy atom. The second kappa shape index (κ2) is 8.37. The highest BCUT2D eigenvalue weighted by Gasteiger charge is 2.29. The van der Waals surface area contributed by atoms with E-state index in [4.69, 9.17) is 4.74 Å². The lowest BCUT2D eigenvalue weighted by Crippen LogP contribution is -2.24. The van der Waals surface area contributed by atoms with Crippen LogP contribution in [0.2, 0.25) is 0 Å². The van der Waals surface area contributed by atoms with Crippen LogP contribution in [-0.4, -0.2) is 16.8 Å². The summed E-state index contributed by atoms with van der Waals surface area (Å²) < 4.78 is 7.36. The maximum absolute atomic E-state index is 13.6. The lowest BCUT2D eigenvalue weighted by Gasteiger charge is -2.24. The normalized spacial score (nSPS) is 11.8. The van der Waals surface area contributed by atoms with Crippen molar-refractivity contribution in [3.05, 3.63) is 95.4 Å². The Hall–Kier alpha value is -3.31. The minimum absolute atomic E-state index is 0.0565. The molecule has 0 spiro atoms. The third kappa shape index (κ3) is 3.96. The molecule has 1 heterocycles. The molecule has 0 aliphatic rings. The van der Waals surface area contributed by atoms with Crippen molar-refractivity contribution in [3.8, 4) is 17.0 Å². The molecule has 4 rings (SSSR count). The van der Waals surface area contributed by atoms with E-state index in [1.54, 1.807) is 7.11 Å². The Bertz CT molecular complexity index is 1100. The summed E-state index contributed by atoms with van der Waals surface area (Å²) in [5.74, 6) is 0.803. The van der Waals surface area contributed by atoms with Gasteiger partial charge in [-0.1, -0.05) is 78.3 Å². The Kier molecular flexibility index (Phi) is 5.49. The van der Waals surface area contributed by atoms with E-state index in [9.17, 15) is 4.79 Å². The topological polar surface area (TPSA) is 43.3 Å². The van der Waals surface area contributed by atoms with Crippen LogP contribution in [0.5, 0.6) is 5.75 Å². The van der Waals surface area contributed by atoms with E-state index in [0.29, 0.717) is 0 Å². The minimum Gasteiger partial charge on any atom is -0.497 e. The van der Waals surface area contributed by atoms with Crippen molar-refractivity contribution in [1.29, 1.82) is 0 Å². The van der Waals surface area contributed by atoms with Crippen molar-refractivity contribution < 1.29 is 9.53 Å². The number of nitrogens with zero attached hydrogens (tertiary/aromatic N) is 1. The molecule has 146 valence electrons. The summed E-state index contributed by atoms with van der Waals surface area (Å²) in [4.78, 5) is 14.4. The molecule has 3 aromatic carbocycles. The molecule has 0 radical (unpaired) electrons. The number of carbonyl (C=O) groups excluding carboxylic acids is 1. The van der Waals surface area contributed by atoms with E-state index in [1.807, 2.05) is 95.9 Å². The number of aromatic nitrogens is 1. The maximum atomic E-state index is 13.6. The lowest BCUT2D eigenvalue weighted by molar-refractivity contribution is 0.0972. The number of nitrogens with one attached hydrogen (secondary N) is 1. The van der Waals surface area contributed by atoms with Gasteiger partial charge in [0.15, 0.2) is 0 Å². The van der Waals surface area contributed by atoms with Gasteiger partial charge in [0.1, 0.15) is 16.7 Å². The smallest absolute Gasteiger partial charge is 0.203 e. The Morgan fingerprint density at radius 2 is 1.66 bits per heavy atom. The number of aryl methyl sites for hydroxylation is 1. The van der Waals surface area contributed by atoms with Gasteiger partial charge in [-0.2, -0.15) is 0 Å². The fourth-order valence-corrected chi connectivity index (χ4v) is 4.34. The molecule has 1 unspecified atom stereocenters. The summed E-state index contributed by atoms with van der Waals surface area (Å²) in [6.07, 6.45) is 0. The third-order valence-electron chi connectivity index (χ3n) is 4.81. The Labute approximate surface area is 174 Å². The fraction of sp³-hybridized carbons (Fsp3) is 0.125. The highest BCUT2D eigenvalue weighted by molar-refractivity contribution is 7.11. The van der Waals surface area contributed by atoms with Gasteiger partial charge in [0.05, 0.1) is 12.8 Å². The van der Waals surface area contributed by atoms with Gasteiger partial charge in [0.25, 0.3) is 0 Å². The van der Waals surface area contributed by atoms with Crippen molar-refractivity contribution in [2.45, 2.75) is 6.04 Å². The number of methoxy groups -OCH3 is 1. The Morgan fingerprint density at radius 1 is 0.966 bits per heavy atom. The zero-order chi connectivity index (χ0) is 20.2. The largest absolute Gasteiger partial charge is 0.497 e. The molecule has 0 aliphatic heterocycles. The summed E-state index contributed by atoms with van der Waals surface area (Å²) in [5, 5.41) is 3.41. The van der Waals surface area contributed by atoms with Crippen LogP contribution in [0.3, 0.4) is 0 Å². The van der Waals surface area contributed by atoms with Gasteiger partial charge in [-0.05, 0) is 17.7 Å². The first kappa shape index (κ1) is 19.0. The molecule has 4 nitrogen and oxygen atoms in total. The van der Waals surface area contributed by atoms with Crippen LogP contribution in [0.15, 0.2) is 84.9 Å². The molecule has 0 amide bonds. The molecule has 0 saturated carbocycles. The summed E-state index contributed by atoms with van der Waals surface area (Å²) in [6, 6.07) is 27.0. The van der Waals surface area contributed by atoms with E-state index in [2.05, 4.69) is 5.32 Å². The predicted octanol–water partition coefficient (Wildman–Crippen LogP) is 5.80. The first-order valence-electron chi connectivity index (χ1n) is 9.38. The fourth-order valence-electron chi connectivity index (χ4n) is 3.36. The average Bonchev–Trinajstić information content (AvgIpc) is 2.76. The molecule has 1 atom stereocenters. The third-order valence-corrected chi connectivity index (χ3v) is 5.84. The van der Waals surface area contributed by atoms with Gasteiger partial charge < -0.3 is 10.1 Å². The van der Waals surface area contributed by atoms with Gasteiger partial charge >= 0.3 is 0 Å². The highest BCUT2D eigenvalue weighted by atomic mass is 32.1. The maximum Gasteiger partial charge on any atom is 0.203 e. The van der Waals surface area contributed by atoms with Crippen LogP contribution < -0.4 is 10.1 Å². The molecular formula is C24H22N2O2S. The second-order valence-electron chi connectivity index (χ2n) is 6.72. The van der Waals surface area contributed by atoms with Crippen LogP contribution in [0, 0.1) is 0 Å². The molecule has 0 bridgehead atoms. The highest BCUT2D eigenvalue weighted by Crippen LogP contribution is 2.36. The van der Waals surface area contributed by atoms with Gasteiger partial charge in [0.2, 0.25) is 5.78 Å². The number of benzene rings is 3.